The number of aryl methyl sites for hydroxylation is 1. The fraction of sp³-hybridized carbons (Fsp3) is 0.0833. The number of nitrogen functional groups attached to an aromatic ring is 1. The lowest BCUT2D eigenvalue weighted by Crippen LogP contribution is -2.22. The highest BCUT2D eigenvalue weighted by Crippen LogP contribution is 1.92. The van der Waals surface area contributed by atoms with E-state index in [1.807, 2.05) is 25.3 Å². The molecule has 0 aromatic carbocycles. The van der Waals surface area contributed by atoms with E-state index in [1.165, 1.54) is 24.0 Å². The highest BCUT2D eigenvalue weighted by Gasteiger charge is 1.87. The number of aromatic amines is 1. The molecule has 5 heteroatoms. The number of carboxylic acid groups (broad SMARTS) is 1. The summed E-state index contributed by atoms with van der Waals surface area (Å²) in [5.74, 6) is -0.487. The minimum atomic E-state index is -1.19. The SMILES string of the molecule is Cc1ccc(N)[nH+]c1.O=C([O-])c1cccnc1. The molecule has 0 spiro atoms. The van der Waals surface area contributed by atoms with Gasteiger partial charge in [-0.25, -0.2) is 4.98 Å². The molecule has 17 heavy (non-hydrogen) atoms. The van der Waals surface area contributed by atoms with Gasteiger partial charge < -0.3 is 9.90 Å². The topological polar surface area (TPSA) is 93.2 Å². The fourth-order valence-electron chi connectivity index (χ4n) is 0.998. The number of carbonyl (C=O) groups excluding carboxylic acids is 1. The Morgan fingerprint density at radius 2 is 2.18 bits per heavy atom. The lowest BCUT2D eigenvalue weighted by molar-refractivity contribution is -0.360. The van der Waals surface area contributed by atoms with E-state index in [4.69, 9.17) is 5.73 Å². The third-order valence-electron chi connectivity index (χ3n) is 1.89. The molecular formula is C12H13N3O2. The maximum absolute atomic E-state index is 10.0. The van der Waals surface area contributed by atoms with Crippen LogP contribution in [0.2, 0.25) is 0 Å². The van der Waals surface area contributed by atoms with E-state index in [0.29, 0.717) is 5.82 Å². The van der Waals surface area contributed by atoms with Crippen molar-refractivity contribution in [1.29, 1.82) is 0 Å². The molecule has 0 aliphatic carbocycles. The fourth-order valence-corrected chi connectivity index (χ4v) is 0.998. The second kappa shape index (κ2) is 6.22. The van der Waals surface area contributed by atoms with Crippen molar-refractivity contribution in [3.05, 3.63) is 54.0 Å². The van der Waals surface area contributed by atoms with Crippen molar-refractivity contribution in [3.63, 3.8) is 0 Å². The van der Waals surface area contributed by atoms with Gasteiger partial charge >= 0.3 is 0 Å². The molecule has 0 saturated carbocycles. The summed E-state index contributed by atoms with van der Waals surface area (Å²) in [4.78, 5) is 16.5. The number of anilines is 1. The average molecular weight is 231 g/mol. The molecule has 0 bridgehead atoms. The molecule has 2 rings (SSSR count). The summed E-state index contributed by atoms with van der Waals surface area (Å²) in [7, 11) is 0. The number of nitrogens with one attached hydrogen (secondary N) is 1. The van der Waals surface area contributed by atoms with Crippen molar-refractivity contribution in [3.8, 4) is 0 Å². The minimum Gasteiger partial charge on any atom is -0.545 e. The van der Waals surface area contributed by atoms with Gasteiger partial charge in [-0.05, 0) is 24.6 Å². The molecule has 3 N–H and O–H groups in total. The number of rotatable bonds is 1. The van der Waals surface area contributed by atoms with Crippen LogP contribution in [0.5, 0.6) is 0 Å². The summed E-state index contributed by atoms with van der Waals surface area (Å²) in [6, 6.07) is 6.79. The van der Waals surface area contributed by atoms with Crippen molar-refractivity contribution < 1.29 is 14.9 Å². The Morgan fingerprint density at radius 1 is 1.41 bits per heavy atom. The Hall–Kier alpha value is -2.43. The van der Waals surface area contributed by atoms with Gasteiger partial charge in [0.25, 0.3) is 5.82 Å². The molecule has 0 atom stereocenters. The lowest BCUT2D eigenvalue weighted by atomic mass is 10.3. The van der Waals surface area contributed by atoms with Crippen LogP contribution >= 0.6 is 0 Å². The summed E-state index contributed by atoms with van der Waals surface area (Å²) in [6.07, 6.45) is 4.62. The van der Waals surface area contributed by atoms with E-state index in [-0.39, 0.29) is 5.56 Å². The van der Waals surface area contributed by atoms with Crippen molar-refractivity contribution >= 4 is 11.8 Å². The number of aromatic carboxylic acids is 1. The number of hydrogen-bond donors (Lipinski definition) is 1. The van der Waals surface area contributed by atoms with Crippen LogP contribution in [0.25, 0.3) is 0 Å². The molecular weight excluding hydrogens is 218 g/mol. The molecule has 0 saturated heterocycles. The monoisotopic (exact) mass is 231 g/mol. The number of H-pyrrole nitrogens is 1. The van der Waals surface area contributed by atoms with E-state index in [9.17, 15) is 9.90 Å². The van der Waals surface area contributed by atoms with Crippen molar-refractivity contribution in [2.24, 2.45) is 0 Å². The van der Waals surface area contributed by atoms with E-state index in [1.54, 1.807) is 6.07 Å². The Balaban J connectivity index is 0.000000171. The quantitative estimate of drug-likeness (QED) is 0.737. The van der Waals surface area contributed by atoms with Crippen molar-refractivity contribution in [2.45, 2.75) is 6.92 Å². The van der Waals surface area contributed by atoms with Crippen LogP contribution in [0.1, 0.15) is 15.9 Å². The largest absolute Gasteiger partial charge is 0.545 e. The summed E-state index contributed by atoms with van der Waals surface area (Å²) in [5.41, 5.74) is 6.67. The molecule has 0 amide bonds. The molecule has 0 unspecified atom stereocenters. The Morgan fingerprint density at radius 3 is 2.53 bits per heavy atom. The zero-order chi connectivity index (χ0) is 12.7. The van der Waals surface area contributed by atoms with E-state index >= 15 is 0 Å². The standard InChI is InChI=1S/C6H8N2.C6H5NO2/c1-5-2-3-6(7)8-4-5;8-6(9)5-2-1-3-7-4-5/h2-4H,1H3,(H2,7,8);1-4H,(H,8,9). The molecule has 0 radical (unpaired) electrons. The van der Waals surface area contributed by atoms with Crippen LogP contribution in [0.15, 0.2) is 42.9 Å². The lowest BCUT2D eigenvalue weighted by Gasteiger charge is -1.97. The number of hydrogen-bond acceptors (Lipinski definition) is 4. The second-order valence-corrected chi connectivity index (χ2v) is 3.35. The molecule has 0 fully saturated rings. The van der Waals surface area contributed by atoms with Gasteiger partial charge in [-0.15, -0.1) is 0 Å². The number of aromatic nitrogens is 2. The maximum atomic E-state index is 10.0. The van der Waals surface area contributed by atoms with Crippen LogP contribution in [-0.2, 0) is 0 Å². The van der Waals surface area contributed by atoms with Crippen LogP contribution in [-0.4, -0.2) is 11.0 Å². The van der Waals surface area contributed by atoms with Gasteiger partial charge in [0.1, 0.15) is 0 Å². The van der Waals surface area contributed by atoms with Gasteiger partial charge in [0.05, 0.1) is 12.2 Å². The van der Waals surface area contributed by atoms with Gasteiger partial charge in [-0.1, -0.05) is 6.07 Å². The van der Waals surface area contributed by atoms with Crippen molar-refractivity contribution in [1.82, 2.24) is 4.98 Å². The maximum Gasteiger partial charge on any atom is 0.270 e. The first kappa shape index (κ1) is 12.6. The Labute approximate surface area is 99.0 Å². The third kappa shape index (κ3) is 4.74. The van der Waals surface area contributed by atoms with Gasteiger partial charge in [0.2, 0.25) is 0 Å². The van der Waals surface area contributed by atoms with Crippen LogP contribution in [0, 0.1) is 6.92 Å². The summed E-state index contributed by atoms with van der Waals surface area (Å²) < 4.78 is 0. The smallest absolute Gasteiger partial charge is 0.270 e. The molecule has 0 aliphatic rings. The number of nitrogens with two attached hydrogens (primary N) is 1. The predicted molar refractivity (Wildman–Crippen MR) is 60.7 cm³/mol. The Bertz CT molecular complexity index is 448. The predicted octanol–water partition coefficient (Wildman–Crippen LogP) is -0.164. The zero-order valence-corrected chi connectivity index (χ0v) is 9.38. The van der Waals surface area contributed by atoms with E-state index in [0.717, 1.165) is 0 Å². The molecule has 2 aromatic rings. The van der Waals surface area contributed by atoms with Gasteiger partial charge in [-0.3, -0.25) is 10.7 Å². The minimum absolute atomic E-state index is 0.109. The number of carbonyl (C=O) groups is 1. The molecule has 0 aliphatic heterocycles. The number of nitrogens with zero attached hydrogens (tertiary/aromatic N) is 1. The van der Waals surface area contributed by atoms with Gasteiger partial charge in [0.15, 0.2) is 0 Å². The van der Waals surface area contributed by atoms with Crippen LogP contribution < -0.4 is 15.8 Å². The van der Waals surface area contributed by atoms with Crippen LogP contribution in [0.3, 0.4) is 0 Å². The highest BCUT2D eigenvalue weighted by atomic mass is 16.4. The first-order valence-electron chi connectivity index (χ1n) is 4.95. The molecule has 2 heterocycles. The normalized spacial score (nSPS) is 9.00. The van der Waals surface area contributed by atoms with E-state index in [2.05, 4.69) is 9.97 Å². The Kier molecular flexibility index (Phi) is 4.62. The second-order valence-electron chi connectivity index (χ2n) is 3.35. The summed E-state index contributed by atoms with van der Waals surface area (Å²) in [5, 5.41) is 10.0. The van der Waals surface area contributed by atoms with Gasteiger partial charge in [0, 0.05) is 24.0 Å². The van der Waals surface area contributed by atoms with Gasteiger partial charge in [-0.2, -0.15) is 0 Å². The average Bonchev–Trinajstić information content (AvgIpc) is 2.35. The first-order chi connectivity index (χ1) is 8.09. The summed E-state index contributed by atoms with van der Waals surface area (Å²) >= 11 is 0. The molecule has 2 aromatic heterocycles. The molecule has 5 nitrogen and oxygen atoms in total. The number of pyridine rings is 2. The van der Waals surface area contributed by atoms with E-state index < -0.39 is 5.97 Å². The van der Waals surface area contributed by atoms with Crippen LogP contribution in [0.4, 0.5) is 5.82 Å². The summed E-state index contributed by atoms with van der Waals surface area (Å²) in [6.45, 7) is 2.01. The highest BCUT2D eigenvalue weighted by molar-refractivity contribution is 5.85. The molecule has 88 valence electrons. The van der Waals surface area contributed by atoms with Crippen molar-refractivity contribution in [2.75, 3.05) is 5.73 Å². The first-order valence-corrected chi connectivity index (χ1v) is 4.95. The third-order valence-corrected chi connectivity index (χ3v) is 1.89. The zero-order valence-electron chi connectivity index (χ0n) is 9.38. The number of carboxylic acids is 1.